The lowest BCUT2D eigenvalue weighted by Crippen LogP contribution is -2.37. The lowest BCUT2D eigenvalue weighted by atomic mass is 10.3. The lowest BCUT2D eigenvalue weighted by Gasteiger charge is -2.14. The van der Waals surface area contributed by atoms with E-state index < -0.39 is 12.1 Å². The molecular weight excluding hydrogens is 302 g/mol. The molecule has 1 aromatic carbocycles. The molecule has 2 N–H and O–H groups in total. The maximum absolute atomic E-state index is 11.6. The molecule has 0 aliphatic rings. The van der Waals surface area contributed by atoms with Crippen molar-refractivity contribution in [2.75, 3.05) is 6.54 Å². The molecule has 5 nitrogen and oxygen atoms in total. The number of benzene rings is 1. The Balaban J connectivity index is 2.42. The van der Waals surface area contributed by atoms with Gasteiger partial charge in [-0.1, -0.05) is 22.0 Å². The van der Waals surface area contributed by atoms with Crippen LogP contribution in [0.1, 0.15) is 13.3 Å². The fourth-order valence-electron chi connectivity index (χ4n) is 1.23. The number of amides is 1. The predicted octanol–water partition coefficient (Wildman–Crippen LogP) is 1.81. The normalized spacial score (nSPS) is 11.7. The van der Waals surface area contributed by atoms with Crippen LogP contribution >= 0.6 is 15.9 Å². The minimum Gasteiger partial charge on any atom is -0.481 e. The lowest BCUT2D eigenvalue weighted by molar-refractivity contribution is -0.137. The second-order valence-electron chi connectivity index (χ2n) is 3.65. The maximum Gasteiger partial charge on any atom is 0.305 e. The summed E-state index contributed by atoms with van der Waals surface area (Å²) in [6.07, 6.45) is -0.775. The van der Waals surface area contributed by atoms with Gasteiger partial charge in [0.2, 0.25) is 0 Å². The van der Waals surface area contributed by atoms with E-state index in [1.807, 2.05) is 6.07 Å². The second-order valence-corrected chi connectivity index (χ2v) is 4.57. The molecule has 0 bridgehead atoms. The zero-order chi connectivity index (χ0) is 13.5. The van der Waals surface area contributed by atoms with Crippen molar-refractivity contribution in [3.8, 4) is 5.75 Å². The average molecular weight is 316 g/mol. The highest BCUT2D eigenvalue weighted by molar-refractivity contribution is 9.10. The van der Waals surface area contributed by atoms with Crippen LogP contribution in [0.4, 0.5) is 0 Å². The van der Waals surface area contributed by atoms with E-state index in [1.54, 1.807) is 25.1 Å². The molecule has 1 rings (SSSR count). The van der Waals surface area contributed by atoms with Gasteiger partial charge in [0.1, 0.15) is 5.75 Å². The summed E-state index contributed by atoms with van der Waals surface area (Å²) in [5.41, 5.74) is 0. The van der Waals surface area contributed by atoms with Gasteiger partial charge in [-0.3, -0.25) is 9.59 Å². The van der Waals surface area contributed by atoms with Crippen LogP contribution in [-0.4, -0.2) is 29.6 Å². The van der Waals surface area contributed by atoms with Gasteiger partial charge in [-0.2, -0.15) is 0 Å². The van der Waals surface area contributed by atoms with Gasteiger partial charge in [-0.25, -0.2) is 0 Å². The summed E-state index contributed by atoms with van der Waals surface area (Å²) in [5.74, 6) is -0.711. The number of aliphatic carboxylic acids is 1. The number of carbonyl (C=O) groups is 2. The van der Waals surface area contributed by atoms with E-state index >= 15 is 0 Å². The van der Waals surface area contributed by atoms with E-state index in [9.17, 15) is 9.59 Å². The zero-order valence-corrected chi connectivity index (χ0v) is 11.4. The smallest absolute Gasteiger partial charge is 0.305 e. The Hall–Kier alpha value is -1.56. The number of rotatable bonds is 6. The summed E-state index contributed by atoms with van der Waals surface area (Å²) in [7, 11) is 0. The molecule has 18 heavy (non-hydrogen) atoms. The number of hydrogen-bond donors (Lipinski definition) is 2. The van der Waals surface area contributed by atoms with Crippen molar-refractivity contribution in [1.29, 1.82) is 0 Å². The molecule has 0 aliphatic carbocycles. The standard InChI is InChI=1S/C12H14BrNO4/c1-8(12(17)14-6-5-11(15)16)18-10-4-2-3-9(13)7-10/h2-4,7-8H,5-6H2,1H3,(H,14,17)(H,15,16)/t8-/m1/s1. The van der Waals surface area contributed by atoms with E-state index in [-0.39, 0.29) is 18.9 Å². The van der Waals surface area contributed by atoms with Crippen LogP contribution in [0.15, 0.2) is 28.7 Å². The Bertz CT molecular complexity index is 436. The van der Waals surface area contributed by atoms with Crippen molar-refractivity contribution >= 4 is 27.8 Å². The topological polar surface area (TPSA) is 75.6 Å². The van der Waals surface area contributed by atoms with E-state index in [0.717, 1.165) is 4.47 Å². The summed E-state index contributed by atoms with van der Waals surface area (Å²) in [4.78, 5) is 21.9. The highest BCUT2D eigenvalue weighted by Crippen LogP contribution is 2.18. The van der Waals surface area contributed by atoms with E-state index in [2.05, 4.69) is 21.2 Å². The summed E-state index contributed by atoms with van der Waals surface area (Å²) < 4.78 is 6.28. The minimum atomic E-state index is -0.948. The third kappa shape index (κ3) is 5.18. The third-order valence-electron chi connectivity index (χ3n) is 2.12. The minimum absolute atomic E-state index is 0.0976. The van der Waals surface area contributed by atoms with Crippen molar-refractivity contribution in [2.24, 2.45) is 0 Å². The fraction of sp³-hybridized carbons (Fsp3) is 0.333. The second kappa shape index (κ2) is 7.00. The predicted molar refractivity (Wildman–Crippen MR) is 69.5 cm³/mol. The zero-order valence-electron chi connectivity index (χ0n) is 9.85. The van der Waals surface area contributed by atoms with Crippen LogP contribution in [0.3, 0.4) is 0 Å². The number of nitrogens with one attached hydrogen (secondary N) is 1. The van der Waals surface area contributed by atoms with Gasteiger partial charge in [-0.05, 0) is 25.1 Å². The molecule has 1 amide bonds. The molecule has 0 unspecified atom stereocenters. The fourth-order valence-corrected chi connectivity index (χ4v) is 1.61. The van der Waals surface area contributed by atoms with Crippen LogP contribution in [0.2, 0.25) is 0 Å². The quantitative estimate of drug-likeness (QED) is 0.839. The molecule has 0 saturated heterocycles. The molecule has 6 heteroatoms. The van der Waals surface area contributed by atoms with Gasteiger partial charge in [0.15, 0.2) is 6.10 Å². The maximum atomic E-state index is 11.6. The SMILES string of the molecule is C[C@@H](Oc1cccc(Br)c1)C(=O)NCCC(=O)O. The third-order valence-corrected chi connectivity index (χ3v) is 2.61. The average Bonchev–Trinajstić information content (AvgIpc) is 2.28. The van der Waals surface area contributed by atoms with Gasteiger partial charge < -0.3 is 15.2 Å². The molecule has 0 saturated carbocycles. The number of carboxylic acid groups (broad SMARTS) is 1. The van der Waals surface area contributed by atoms with Crippen molar-refractivity contribution in [3.63, 3.8) is 0 Å². The van der Waals surface area contributed by atoms with E-state index in [1.165, 1.54) is 0 Å². The van der Waals surface area contributed by atoms with Crippen molar-refractivity contribution in [3.05, 3.63) is 28.7 Å². The Labute approximate surface area is 113 Å². The van der Waals surface area contributed by atoms with Crippen LogP contribution in [0.5, 0.6) is 5.75 Å². The summed E-state index contributed by atoms with van der Waals surface area (Å²) in [6.45, 7) is 1.71. The number of hydrogen-bond acceptors (Lipinski definition) is 3. The van der Waals surface area contributed by atoms with Crippen molar-refractivity contribution in [1.82, 2.24) is 5.32 Å². The van der Waals surface area contributed by atoms with Crippen LogP contribution in [0, 0.1) is 0 Å². The van der Waals surface area contributed by atoms with E-state index in [0.29, 0.717) is 5.75 Å². The molecule has 0 heterocycles. The first-order valence-electron chi connectivity index (χ1n) is 5.41. The monoisotopic (exact) mass is 315 g/mol. The molecule has 0 radical (unpaired) electrons. The number of carboxylic acids is 1. The summed E-state index contributed by atoms with van der Waals surface area (Å²) >= 11 is 3.30. The Kier molecular flexibility index (Phi) is 5.64. The van der Waals surface area contributed by atoms with Gasteiger partial charge in [0.05, 0.1) is 6.42 Å². The number of carbonyl (C=O) groups excluding carboxylic acids is 1. The van der Waals surface area contributed by atoms with Crippen LogP contribution in [-0.2, 0) is 9.59 Å². The Morgan fingerprint density at radius 1 is 1.50 bits per heavy atom. The van der Waals surface area contributed by atoms with Crippen molar-refractivity contribution < 1.29 is 19.4 Å². The molecule has 0 aromatic heterocycles. The molecule has 0 spiro atoms. The number of halogens is 1. The van der Waals surface area contributed by atoms with Gasteiger partial charge in [-0.15, -0.1) is 0 Å². The molecule has 98 valence electrons. The number of ether oxygens (including phenoxy) is 1. The molecular formula is C12H14BrNO4. The first-order chi connectivity index (χ1) is 8.49. The Morgan fingerprint density at radius 2 is 2.22 bits per heavy atom. The largest absolute Gasteiger partial charge is 0.481 e. The van der Waals surface area contributed by atoms with Crippen LogP contribution in [0.25, 0.3) is 0 Å². The summed E-state index contributed by atoms with van der Waals surface area (Å²) in [5, 5.41) is 10.9. The Morgan fingerprint density at radius 3 is 2.83 bits per heavy atom. The van der Waals surface area contributed by atoms with Crippen LogP contribution < -0.4 is 10.1 Å². The highest BCUT2D eigenvalue weighted by Gasteiger charge is 2.14. The van der Waals surface area contributed by atoms with Gasteiger partial charge >= 0.3 is 5.97 Å². The van der Waals surface area contributed by atoms with E-state index in [4.69, 9.17) is 9.84 Å². The summed E-state index contributed by atoms with van der Waals surface area (Å²) in [6, 6.07) is 7.14. The first kappa shape index (κ1) is 14.5. The molecule has 0 aliphatic heterocycles. The highest BCUT2D eigenvalue weighted by atomic mass is 79.9. The molecule has 0 fully saturated rings. The van der Waals surface area contributed by atoms with Gasteiger partial charge in [0, 0.05) is 11.0 Å². The molecule has 1 aromatic rings. The van der Waals surface area contributed by atoms with Gasteiger partial charge in [0.25, 0.3) is 5.91 Å². The molecule has 1 atom stereocenters. The first-order valence-corrected chi connectivity index (χ1v) is 6.20. The van der Waals surface area contributed by atoms with Crippen molar-refractivity contribution in [2.45, 2.75) is 19.4 Å².